The largest absolute Gasteiger partial charge is 0.457 e. The van der Waals surface area contributed by atoms with Crippen molar-refractivity contribution in [3.8, 4) is 11.5 Å². The summed E-state index contributed by atoms with van der Waals surface area (Å²) in [4.78, 5) is 17.0. The monoisotopic (exact) mass is 390 g/mol. The third-order valence-corrected chi connectivity index (χ3v) is 4.57. The van der Waals surface area contributed by atoms with Crippen LogP contribution >= 0.6 is 0 Å². The first-order chi connectivity index (χ1) is 14.0. The van der Waals surface area contributed by atoms with Gasteiger partial charge >= 0.3 is 0 Å². The maximum atomic E-state index is 12.6. The summed E-state index contributed by atoms with van der Waals surface area (Å²) >= 11 is 0. The minimum absolute atomic E-state index is 0.197. The molecule has 0 unspecified atom stereocenters. The lowest BCUT2D eigenvalue weighted by Gasteiger charge is -2.11. The van der Waals surface area contributed by atoms with E-state index in [9.17, 15) is 4.79 Å². The Hall–Kier alpha value is -3.18. The van der Waals surface area contributed by atoms with E-state index in [1.54, 1.807) is 19.2 Å². The highest BCUT2D eigenvalue weighted by atomic mass is 16.5. The summed E-state index contributed by atoms with van der Waals surface area (Å²) < 4.78 is 11.0. The molecule has 0 aliphatic rings. The van der Waals surface area contributed by atoms with Gasteiger partial charge in [-0.3, -0.25) is 9.78 Å². The topological polar surface area (TPSA) is 60.5 Å². The second-order valence-electron chi connectivity index (χ2n) is 7.17. The fourth-order valence-electron chi connectivity index (χ4n) is 2.94. The van der Waals surface area contributed by atoms with E-state index in [1.807, 2.05) is 43.3 Å². The van der Waals surface area contributed by atoms with Crippen molar-refractivity contribution in [1.82, 2.24) is 4.98 Å². The molecule has 0 bridgehead atoms. The minimum atomic E-state index is -0.197. The average molecular weight is 390 g/mol. The lowest BCUT2D eigenvalue weighted by molar-refractivity contribution is 0.102. The second kappa shape index (κ2) is 9.34. The van der Waals surface area contributed by atoms with E-state index in [0.29, 0.717) is 35.2 Å². The molecule has 0 radical (unpaired) electrons. The van der Waals surface area contributed by atoms with Crippen molar-refractivity contribution >= 4 is 11.6 Å². The number of nitrogens with one attached hydrogen (secondary N) is 1. The third-order valence-electron chi connectivity index (χ3n) is 4.57. The van der Waals surface area contributed by atoms with Crippen molar-refractivity contribution in [1.29, 1.82) is 0 Å². The van der Waals surface area contributed by atoms with E-state index in [-0.39, 0.29) is 5.91 Å². The van der Waals surface area contributed by atoms with Gasteiger partial charge < -0.3 is 14.8 Å². The maximum Gasteiger partial charge on any atom is 0.257 e. The highest BCUT2D eigenvalue weighted by molar-refractivity contribution is 6.05. The van der Waals surface area contributed by atoms with Gasteiger partial charge in [-0.25, -0.2) is 0 Å². The average Bonchev–Trinajstić information content (AvgIpc) is 2.70. The van der Waals surface area contributed by atoms with E-state index in [2.05, 4.69) is 36.3 Å². The van der Waals surface area contributed by atoms with E-state index >= 15 is 0 Å². The molecular weight excluding hydrogens is 364 g/mol. The second-order valence-corrected chi connectivity index (χ2v) is 7.17. The molecule has 5 heteroatoms. The predicted octanol–water partition coefficient (Wildman–Crippen LogP) is 5.70. The number of amides is 1. The molecule has 1 aromatic heterocycles. The standard InChI is InChI=1S/C24H26N2O3/c1-16(2)18-5-10-21(11-6-18)29-22-12-7-19(8-13-22)26-24(27)23-14-9-20(15-28-4)25-17(23)3/h5-14,16H,15H2,1-4H3,(H,26,27). The highest BCUT2D eigenvalue weighted by Gasteiger charge is 2.11. The minimum Gasteiger partial charge on any atom is -0.457 e. The zero-order valence-corrected chi connectivity index (χ0v) is 17.2. The van der Waals surface area contributed by atoms with Crippen LogP contribution in [0.3, 0.4) is 0 Å². The first kappa shape index (κ1) is 20.6. The molecule has 0 spiro atoms. The quantitative estimate of drug-likeness (QED) is 0.562. The molecule has 0 saturated carbocycles. The molecule has 1 N–H and O–H groups in total. The van der Waals surface area contributed by atoms with Gasteiger partial charge in [-0.2, -0.15) is 0 Å². The maximum absolute atomic E-state index is 12.6. The Morgan fingerprint density at radius 1 is 0.966 bits per heavy atom. The van der Waals surface area contributed by atoms with Crippen LogP contribution in [0.2, 0.25) is 0 Å². The Morgan fingerprint density at radius 2 is 1.59 bits per heavy atom. The molecule has 0 saturated heterocycles. The normalized spacial score (nSPS) is 10.8. The van der Waals surface area contributed by atoms with Gasteiger partial charge in [0.1, 0.15) is 11.5 Å². The summed E-state index contributed by atoms with van der Waals surface area (Å²) in [5.74, 6) is 1.78. The molecule has 5 nitrogen and oxygen atoms in total. The fourth-order valence-corrected chi connectivity index (χ4v) is 2.94. The number of pyridine rings is 1. The van der Waals surface area contributed by atoms with Gasteiger partial charge in [-0.05, 0) is 66.9 Å². The first-order valence-corrected chi connectivity index (χ1v) is 9.61. The van der Waals surface area contributed by atoms with E-state index in [1.165, 1.54) is 5.56 Å². The third kappa shape index (κ3) is 5.42. The molecule has 1 heterocycles. The van der Waals surface area contributed by atoms with Crippen LogP contribution in [0.15, 0.2) is 60.7 Å². The van der Waals surface area contributed by atoms with Gasteiger partial charge in [0.2, 0.25) is 0 Å². The number of methoxy groups -OCH3 is 1. The summed E-state index contributed by atoms with van der Waals surface area (Å²) in [6, 6.07) is 18.9. The number of nitrogens with zero attached hydrogens (tertiary/aromatic N) is 1. The summed E-state index contributed by atoms with van der Waals surface area (Å²) in [6.07, 6.45) is 0. The van der Waals surface area contributed by atoms with E-state index < -0.39 is 0 Å². The van der Waals surface area contributed by atoms with Gasteiger partial charge in [0.05, 0.1) is 23.6 Å². The van der Waals surface area contributed by atoms with Gasteiger partial charge in [0.15, 0.2) is 0 Å². The molecule has 0 fully saturated rings. The van der Waals surface area contributed by atoms with Crippen LogP contribution in [-0.4, -0.2) is 18.0 Å². The predicted molar refractivity (Wildman–Crippen MR) is 115 cm³/mol. The van der Waals surface area contributed by atoms with Crippen molar-refractivity contribution in [2.24, 2.45) is 0 Å². The molecule has 0 aliphatic carbocycles. The van der Waals surface area contributed by atoms with Crippen LogP contribution in [0, 0.1) is 6.92 Å². The molecule has 2 aromatic carbocycles. The van der Waals surface area contributed by atoms with Crippen molar-refractivity contribution < 1.29 is 14.3 Å². The zero-order chi connectivity index (χ0) is 20.8. The number of rotatable bonds is 7. The zero-order valence-electron chi connectivity index (χ0n) is 17.2. The molecular formula is C24H26N2O3. The fraction of sp³-hybridized carbons (Fsp3) is 0.250. The Labute approximate surface area is 171 Å². The SMILES string of the molecule is COCc1ccc(C(=O)Nc2ccc(Oc3ccc(C(C)C)cc3)cc2)c(C)n1. The Morgan fingerprint density at radius 3 is 2.14 bits per heavy atom. The number of hydrogen-bond donors (Lipinski definition) is 1. The summed E-state index contributed by atoms with van der Waals surface area (Å²) in [5.41, 5.74) is 3.97. The van der Waals surface area contributed by atoms with Crippen molar-refractivity contribution in [3.63, 3.8) is 0 Å². The number of aryl methyl sites for hydroxylation is 1. The molecule has 3 rings (SSSR count). The first-order valence-electron chi connectivity index (χ1n) is 9.61. The summed E-state index contributed by atoms with van der Waals surface area (Å²) in [7, 11) is 1.62. The number of aromatic nitrogens is 1. The van der Waals surface area contributed by atoms with Crippen LogP contribution < -0.4 is 10.1 Å². The van der Waals surface area contributed by atoms with Crippen LogP contribution in [0.4, 0.5) is 5.69 Å². The molecule has 29 heavy (non-hydrogen) atoms. The molecule has 3 aromatic rings. The van der Waals surface area contributed by atoms with Crippen molar-refractivity contribution in [2.45, 2.75) is 33.3 Å². The van der Waals surface area contributed by atoms with Gasteiger partial charge in [-0.15, -0.1) is 0 Å². The van der Waals surface area contributed by atoms with Crippen LogP contribution in [0.5, 0.6) is 11.5 Å². The van der Waals surface area contributed by atoms with Gasteiger partial charge in [-0.1, -0.05) is 26.0 Å². The number of ether oxygens (including phenoxy) is 2. The van der Waals surface area contributed by atoms with Gasteiger partial charge in [0.25, 0.3) is 5.91 Å². The summed E-state index contributed by atoms with van der Waals surface area (Å²) in [6.45, 7) is 6.56. The van der Waals surface area contributed by atoms with Crippen molar-refractivity contribution in [2.75, 3.05) is 12.4 Å². The molecule has 1 amide bonds. The van der Waals surface area contributed by atoms with Crippen molar-refractivity contribution in [3.05, 3.63) is 83.2 Å². The molecule has 0 aliphatic heterocycles. The lowest BCUT2D eigenvalue weighted by Crippen LogP contribution is -2.14. The van der Waals surface area contributed by atoms with Gasteiger partial charge in [0, 0.05) is 12.8 Å². The van der Waals surface area contributed by atoms with E-state index in [0.717, 1.165) is 11.4 Å². The lowest BCUT2D eigenvalue weighted by atomic mass is 10.0. The number of carbonyl (C=O) groups is 1. The number of hydrogen-bond acceptors (Lipinski definition) is 4. The van der Waals surface area contributed by atoms with Crippen LogP contribution in [0.25, 0.3) is 0 Å². The smallest absolute Gasteiger partial charge is 0.257 e. The number of benzene rings is 2. The highest BCUT2D eigenvalue weighted by Crippen LogP contribution is 2.25. The Bertz CT molecular complexity index is 964. The Balaban J connectivity index is 1.63. The Kier molecular flexibility index (Phi) is 6.62. The van der Waals surface area contributed by atoms with E-state index in [4.69, 9.17) is 9.47 Å². The molecule has 150 valence electrons. The number of anilines is 1. The van der Waals surface area contributed by atoms with Crippen LogP contribution in [-0.2, 0) is 11.3 Å². The molecule has 0 atom stereocenters. The number of carbonyl (C=O) groups excluding carboxylic acids is 1. The summed E-state index contributed by atoms with van der Waals surface area (Å²) in [5, 5.41) is 2.90. The van der Waals surface area contributed by atoms with Crippen LogP contribution in [0.1, 0.15) is 47.1 Å².